The molecule has 0 saturated heterocycles. The summed E-state index contributed by atoms with van der Waals surface area (Å²) >= 11 is 1.53. The van der Waals surface area contributed by atoms with Gasteiger partial charge in [0.25, 0.3) is 0 Å². The maximum atomic E-state index is 13.2. The number of thioether (sulfide) groups is 1. The second-order valence-corrected chi connectivity index (χ2v) is 5.11. The third-order valence-corrected chi connectivity index (χ3v) is 3.54. The number of aryl methyl sites for hydroxylation is 1. The lowest BCUT2D eigenvalue weighted by atomic mass is 10.2. The Morgan fingerprint density at radius 2 is 2.06 bits per heavy atom. The summed E-state index contributed by atoms with van der Waals surface area (Å²) in [6, 6.07) is 14.6. The van der Waals surface area contributed by atoms with Crippen LogP contribution in [0.2, 0.25) is 0 Å². The number of nitriles is 1. The minimum absolute atomic E-state index is 0.360. The van der Waals surface area contributed by atoms with Gasteiger partial charge in [0.1, 0.15) is 5.82 Å². The Labute approximate surface area is 110 Å². The molecule has 3 heteroatoms. The summed E-state index contributed by atoms with van der Waals surface area (Å²) in [4.78, 5) is 0.785. The summed E-state index contributed by atoms with van der Waals surface area (Å²) in [5.41, 5.74) is 2.77. The van der Waals surface area contributed by atoms with Crippen molar-refractivity contribution in [2.24, 2.45) is 0 Å². The molecule has 0 aliphatic heterocycles. The van der Waals surface area contributed by atoms with E-state index in [2.05, 4.69) is 6.07 Å². The number of hydrogen-bond acceptors (Lipinski definition) is 2. The maximum absolute atomic E-state index is 13.2. The van der Waals surface area contributed by atoms with Gasteiger partial charge in [-0.05, 0) is 30.7 Å². The SMILES string of the molecule is Cc1cccc(CSc2cc(F)cc(C#N)c2)c1. The summed E-state index contributed by atoms with van der Waals surface area (Å²) < 4.78 is 13.2. The zero-order valence-corrected chi connectivity index (χ0v) is 10.8. The number of benzene rings is 2. The number of nitrogens with zero attached hydrogens (tertiary/aromatic N) is 1. The lowest BCUT2D eigenvalue weighted by Crippen LogP contribution is -1.85. The minimum Gasteiger partial charge on any atom is -0.207 e. The summed E-state index contributed by atoms with van der Waals surface area (Å²) in [6.07, 6.45) is 0. The largest absolute Gasteiger partial charge is 0.207 e. The fourth-order valence-corrected chi connectivity index (χ4v) is 2.60. The Bertz CT molecular complexity index is 602. The smallest absolute Gasteiger partial charge is 0.125 e. The molecule has 0 spiro atoms. The van der Waals surface area contributed by atoms with Crippen LogP contribution in [-0.4, -0.2) is 0 Å². The first-order valence-corrected chi connectivity index (χ1v) is 6.55. The molecule has 2 aromatic carbocycles. The summed E-state index contributed by atoms with van der Waals surface area (Å²) in [7, 11) is 0. The highest BCUT2D eigenvalue weighted by molar-refractivity contribution is 7.98. The molecule has 0 radical (unpaired) electrons. The van der Waals surface area contributed by atoms with Crippen LogP contribution in [0.5, 0.6) is 0 Å². The molecule has 0 saturated carbocycles. The average molecular weight is 257 g/mol. The van der Waals surface area contributed by atoms with Crippen LogP contribution in [0.3, 0.4) is 0 Å². The second-order valence-electron chi connectivity index (χ2n) is 4.07. The quantitative estimate of drug-likeness (QED) is 0.765. The van der Waals surface area contributed by atoms with Crippen molar-refractivity contribution in [3.63, 3.8) is 0 Å². The van der Waals surface area contributed by atoms with Gasteiger partial charge in [-0.3, -0.25) is 0 Å². The van der Waals surface area contributed by atoms with Crippen molar-refractivity contribution in [3.8, 4) is 6.07 Å². The van der Waals surface area contributed by atoms with E-state index in [4.69, 9.17) is 5.26 Å². The van der Waals surface area contributed by atoms with Crippen LogP contribution in [0.4, 0.5) is 4.39 Å². The van der Waals surface area contributed by atoms with Gasteiger partial charge < -0.3 is 0 Å². The molecule has 0 aliphatic carbocycles. The molecular formula is C15H12FNS. The van der Waals surface area contributed by atoms with Crippen molar-refractivity contribution in [2.75, 3.05) is 0 Å². The molecule has 18 heavy (non-hydrogen) atoms. The Kier molecular flexibility index (Phi) is 4.01. The van der Waals surface area contributed by atoms with Crippen molar-refractivity contribution in [1.82, 2.24) is 0 Å². The molecule has 90 valence electrons. The van der Waals surface area contributed by atoms with Gasteiger partial charge in [-0.2, -0.15) is 5.26 Å². The number of rotatable bonds is 3. The van der Waals surface area contributed by atoms with Crippen LogP contribution in [0.25, 0.3) is 0 Å². The van der Waals surface area contributed by atoms with E-state index in [9.17, 15) is 4.39 Å². The van der Waals surface area contributed by atoms with Crippen molar-refractivity contribution in [2.45, 2.75) is 17.6 Å². The molecule has 1 nitrogen and oxygen atoms in total. The van der Waals surface area contributed by atoms with Crippen molar-refractivity contribution in [1.29, 1.82) is 5.26 Å². The highest BCUT2D eigenvalue weighted by Gasteiger charge is 2.02. The highest BCUT2D eigenvalue weighted by atomic mass is 32.2. The molecule has 0 aliphatic rings. The summed E-state index contributed by atoms with van der Waals surface area (Å²) in [5, 5.41) is 8.78. The van der Waals surface area contributed by atoms with E-state index < -0.39 is 0 Å². The van der Waals surface area contributed by atoms with E-state index in [0.29, 0.717) is 5.56 Å². The Morgan fingerprint density at radius 1 is 1.22 bits per heavy atom. The normalized spacial score (nSPS) is 10.1. The zero-order valence-electron chi connectivity index (χ0n) is 9.98. The molecule has 0 aromatic heterocycles. The van der Waals surface area contributed by atoms with Crippen molar-refractivity contribution in [3.05, 3.63) is 65.0 Å². The Morgan fingerprint density at radius 3 is 2.78 bits per heavy atom. The van der Waals surface area contributed by atoms with Crippen LogP contribution in [0.15, 0.2) is 47.4 Å². The Balaban J connectivity index is 2.11. The van der Waals surface area contributed by atoms with Crippen LogP contribution in [0.1, 0.15) is 16.7 Å². The lowest BCUT2D eigenvalue weighted by molar-refractivity contribution is 0.623. The standard InChI is InChI=1S/C15H12FNS/c1-11-3-2-4-12(5-11)10-18-15-7-13(9-17)6-14(16)8-15/h2-8H,10H2,1H3. The molecule has 2 aromatic rings. The number of halogens is 1. The van der Waals surface area contributed by atoms with Gasteiger partial charge in [-0.15, -0.1) is 11.8 Å². The van der Waals surface area contributed by atoms with E-state index >= 15 is 0 Å². The molecule has 0 bridgehead atoms. The van der Waals surface area contributed by atoms with Gasteiger partial charge in [0.2, 0.25) is 0 Å². The monoisotopic (exact) mass is 257 g/mol. The molecule has 0 atom stereocenters. The van der Waals surface area contributed by atoms with Gasteiger partial charge in [0.15, 0.2) is 0 Å². The fourth-order valence-electron chi connectivity index (χ4n) is 1.68. The first kappa shape index (κ1) is 12.7. The topological polar surface area (TPSA) is 23.8 Å². The summed E-state index contributed by atoms with van der Waals surface area (Å²) in [5.74, 6) is 0.413. The van der Waals surface area contributed by atoms with Crippen LogP contribution in [-0.2, 0) is 5.75 Å². The van der Waals surface area contributed by atoms with E-state index in [1.807, 2.05) is 31.2 Å². The summed E-state index contributed by atoms with van der Waals surface area (Å²) in [6.45, 7) is 2.05. The minimum atomic E-state index is -0.360. The van der Waals surface area contributed by atoms with Gasteiger partial charge in [0, 0.05) is 10.6 Å². The molecule has 0 fully saturated rings. The van der Waals surface area contributed by atoms with E-state index in [1.54, 1.807) is 6.07 Å². The van der Waals surface area contributed by atoms with Gasteiger partial charge >= 0.3 is 0 Å². The fraction of sp³-hybridized carbons (Fsp3) is 0.133. The van der Waals surface area contributed by atoms with Crippen LogP contribution in [0, 0.1) is 24.1 Å². The van der Waals surface area contributed by atoms with Crippen molar-refractivity contribution < 1.29 is 4.39 Å². The third kappa shape index (κ3) is 3.35. The molecule has 0 amide bonds. The first-order valence-electron chi connectivity index (χ1n) is 5.56. The number of hydrogen-bond donors (Lipinski definition) is 0. The average Bonchev–Trinajstić information content (AvgIpc) is 2.36. The second kappa shape index (κ2) is 5.70. The highest BCUT2D eigenvalue weighted by Crippen LogP contribution is 2.25. The molecule has 0 unspecified atom stereocenters. The van der Waals surface area contributed by atoms with E-state index in [1.165, 1.54) is 35.0 Å². The van der Waals surface area contributed by atoms with Gasteiger partial charge in [-0.1, -0.05) is 29.8 Å². The Hall–Kier alpha value is -1.79. The van der Waals surface area contributed by atoms with Gasteiger partial charge in [0.05, 0.1) is 11.6 Å². The van der Waals surface area contributed by atoms with Crippen molar-refractivity contribution >= 4 is 11.8 Å². The predicted octanol–water partition coefficient (Wildman–Crippen LogP) is 4.30. The zero-order chi connectivity index (χ0) is 13.0. The maximum Gasteiger partial charge on any atom is 0.125 e. The molecule has 0 heterocycles. The van der Waals surface area contributed by atoms with Gasteiger partial charge in [-0.25, -0.2) is 4.39 Å². The molecular weight excluding hydrogens is 245 g/mol. The third-order valence-electron chi connectivity index (χ3n) is 2.49. The molecule has 2 rings (SSSR count). The lowest BCUT2D eigenvalue weighted by Gasteiger charge is -2.04. The van der Waals surface area contributed by atoms with Crippen LogP contribution < -0.4 is 0 Å². The van der Waals surface area contributed by atoms with E-state index in [-0.39, 0.29) is 5.82 Å². The molecule has 0 N–H and O–H groups in total. The van der Waals surface area contributed by atoms with E-state index in [0.717, 1.165) is 10.6 Å². The first-order chi connectivity index (χ1) is 8.67. The predicted molar refractivity (Wildman–Crippen MR) is 71.9 cm³/mol. The van der Waals surface area contributed by atoms with Crippen LogP contribution >= 0.6 is 11.8 Å².